The van der Waals surface area contributed by atoms with Crippen LogP contribution in [-0.4, -0.2) is 0 Å². The third-order valence-electron chi connectivity index (χ3n) is 14.2. The van der Waals surface area contributed by atoms with Crippen molar-refractivity contribution in [3.05, 3.63) is 254 Å². The Hall–Kier alpha value is -8.66. The van der Waals surface area contributed by atoms with Crippen LogP contribution in [0.5, 0.6) is 11.5 Å². The van der Waals surface area contributed by atoms with Gasteiger partial charge in [-0.1, -0.05) is 166 Å². The molecule has 0 atom stereocenters. The molecule has 0 radical (unpaired) electrons. The van der Waals surface area contributed by atoms with Crippen molar-refractivity contribution >= 4 is 55.7 Å². The number of rotatable bonds is 8. The van der Waals surface area contributed by atoms with Crippen molar-refractivity contribution in [2.45, 2.75) is 19.3 Å². The zero-order valence-corrected chi connectivity index (χ0v) is 37.9. The minimum Gasteiger partial charge on any atom is -0.456 e. The van der Waals surface area contributed by atoms with Crippen LogP contribution in [0.2, 0.25) is 0 Å². The van der Waals surface area contributed by atoms with E-state index < -0.39 is 0 Å². The maximum absolute atomic E-state index is 6.94. The first-order valence-corrected chi connectivity index (χ1v) is 23.5. The summed E-state index contributed by atoms with van der Waals surface area (Å²) in [5.41, 5.74) is 18.8. The topological polar surface area (TPSA) is 15.7 Å². The van der Waals surface area contributed by atoms with E-state index in [-0.39, 0.29) is 5.41 Å². The average Bonchev–Trinajstić information content (AvgIpc) is 3.62. The van der Waals surface area contributed by atoms with E-state index in [2.05, 4.69) is 266 Å². The fourth-order valence-corrected chi connectivity index (χ4v) is 10.9. The van der Waals surface area contributed by atoms with Crippen molar-refractivity contribution in [3.63, 3.8) is 0 Å². The number of nitrogens with zero attached hydrogens (tertiary/aromatic N) is 2. The van der Waals surface area contributed by atoms with Crippen LogP contribution in [0.25, 0.3) is 66.1 Å². The third-order valence-corrected chi connectivity index (χ3v) is 14.2. The standard InChI is InChI=1S/C65H46N2O/c1-65(2)59-26-14-12-24-53(59)54-37-35-50(41-60(54)65)66(47-19-8-4-9-20-47)51-36-38-55-58-40-46-30-29-45(39-57(46)56-25-16-28-62(64(56)58)68-63(55)42-51)43-31-33-49(34-32-43)67(48-21-10-5-11-22-48)61-27-15-13-23-52(61)44-17-6-3-7-18-44/h3-42H,1-2H3. The van der Waals surface area contributed by atoms with Crippen LogP contribution in [0.15, 0.2) is 243 Å². The molecule has 0 unspecified atom stereocenters. The van der Waals surface area contributed by atoms with Crippen molar-refractivity contribution in [1.82, 2.24) is 0 Å². The third kappa shape index (κ3) is 6.42. The summed E-state index contributed by atoms with van der Waals surface area (Å²) in [5.74, 6) is 1.73. The monoisotopic (exact) mass is 870 g/mol. The zero-order valence-electron chi connectivity index (χ0n) is 37.9. The summed E-state index contributed by atoms with van der Waals surface area (Å²) in [6, 6.07) is 87.8. The second-order valence-electron chi connectivity index (χ2n) is 18.5. The molecule has 2 aliphatic rings. The Labute approximate surface area is 397 Å². The second kappa shape index (κ2) is 15.8. The van der Waals surface area contributed by atoms with Gasteiger partial charge in [-0.05, 0) is 146 Å². The number of ether oxygens (including phenoxy) is 1. The molecule has 11 aromatic rings. The molecule has 322 valence electrons. The lowest BCUT2D eigenvalue weighted by Gasteiger charge is -2.29. The van der Waals surface area contributed by atoms with Gasteiger partial charge in [-0.15, -0.1) is 0 Å². The number of para-hydroxylation sites is 3. The summed E-state index contributed by atoms with van der Waals surface area (Å²) in [6.45, 7) is 4.68. The van der Waals surface area contributed by atoms with Crippen molar-refractivity contribution in [2.24, 2.45) is 0 Å². The first-order chi connectivity index (χ1) is 33.5. The van der Waals surface area contributed by atoms with E-state index in [1.807, 2.05) is 0 Å². The molecule has 0 spiro atoms. The van der Waals surface area contributed by atoms with E-state index in [0.717, 1.165) is 62.1 Å². The number of hydrogen-bond acceptors (Lipinski definition) is 3. The molecule has 0 bridgehead atoms. The molecule has 0 saturated heterocycles. The maximum Gasteiger partial charge on any atom is 0.137 e. The van der Waals surface area contributed by atoms with Crippen LogP contribution >= 0.6 is 0 Å². The van der Waals surface area contributed by atoms with Gasteiger partial charge < -0.3 is 14.5 Å². The van der Waals surface area contributed by atoms with Crippen molar-refractivity contribution < 1.29 is 4.74 Å². The molecule has 0 N–H and O–H groups in total. The summed E-state index contributed by atoms with van der Waals surface area (Å²) >= 11 is 0. The fourth-order valence-electron chi connectivity index (χ4n) is 10.9. The van der Waals surface area contributed by atoms with Gasteiger partial charge in [0.2, 0.25) is 0 Å². The highest BCUT2D eigenvalue weighted by Crippen LogP contribution is 2.53. The van der Waals surface area contributed by atoms with Crippen molar-refractivity contribution in [3.8, 4) is 56.0 Å². The molecule has 13 rings (SSSR count). The summed E-state index contributed by atoms with van der Waals surface area (Å²) in [6.07, 6.45) is 0. The molecule has 3 nitrogen and oxygen atoms in total. The van der Waals surface area contributed by atoms with Gasteiger partial charge in [-0.25, -0.2) is 0 Å². The fraction of sp³-hybridized carbons (Fsp3) is 0.0462. The van der Waals surface area contributed by atoms with Gasteiger partial charge >= 0.3 is 0 Å². The molecule has 1 heterocycles. The Morgan fingerprint density at radius 1 is 0.324 bits per heavy atom. The van der Waals surface area contributed by atoms with Crippen LogP contribution in [0.4, 0.5) is 34.1 Å². The molecule has 0 saturated carbocycles. The Kier molecular flexibility index (Phi) is 9.19. The molecule has 11 aromatic carbocycles. The quantitative estimate of drug-likeness (QED) is 0.142. The molecular formula is C65H46N2O. The van der Waals surface area contributed by atoms with E-state index >= 15 is 0 Å². The highest BCUT2D eigenvalue weighted by Gasteiger charge is 2.36. The summed E-state index contributed by atoms with van der Waals surface area (Å²) in [5, 5.41) is 4.73. The van der Waals surface area contributed by atoms with Crippen LogP contribution in [0.1, 0.15) is 25.0 Å². The van der Waals surface area contributed by atoms with Crippen LogP contribution < -0.4 is 14.5 Å². The lowest BCUT2D eigenvalue weighted by Crippen LogP contribution is -2.16. The normalized spacial score (nSPS) is 12.8. The Bertz CT molecular complexity index is 3730. The first-order valence-electron chi connectivity index (χ1n) is 23.5. The lowest BCUT2D eigenvalue weighted by atomic mass is 9.82. The number of fused-ring (bicyclic) bond motifs is 7. The Morgan fingerprint density at radius 3 is 1.68 bits per heavy atom. The minimum absolute atomic E-state index is 0.111. The van der Waals surface area contributed by atoms with Crippen LogP contribution in [-0.2, 0) is 5.41 Å². The van der Waals surface area contributed by atoms with E-state index in [0.29, 0.717) is 0 Å². The summed E-state index contributed by atoms with van der Waals surface area (Å²) in [4.78, 5) is 4.71. The SMILES string of the molecule is CC1(C)c2ccccc2-c2ccc(N(c3ccccc3)c3ccc4c(c3)Oc3cccc5c3c-4cc3ccc(-c4ccc(N(c6ccccc6)c6ccccc6-c6ccccc6)cc4)cc35)cc21. The molecule has 68 heavy (non-hydrogen) atoms. The number of hydrogen-bond donors (Lipinski definition) is 0. The predicted octanol–water partition coefficient (Wildman–Crippen LogP) is 18.3. The van der Waals surface area contributed by atoms with Crippen molar-refractivity contribution in [1.29, 1.82) is 0 Å². The van der Waals surface area contributed by atoms with Gasteiger partial charge in [0.15, 0.2) is 0 Å². The van der Waals surface area contributed by atoms with Crippen molar-refractivity contribution in [2.75, 3.05) is 9.80 Å². The summed E-state index contributed by atoms with van der Waals surface area (Å²) < 4.78 is 6.94. The second-order valence-corrected chi connectivity index (χ2v) is 18.5. The average molecular weight is 871 g/mol. The molecule has 1 aliphatic heterocycles. The molecule has 0 aromatic heterocycles. The first kappa shape index (κ1) is 39.7. The van der Waals surface area contributed by atoms with Gasteiger partial charge in [-0.2, -0.15) is 0 Å². The highest BCUT2D eigenvalue weighted by atomic mass is 16.5. The van der Waals surface area contributed by atoms with E-state index in [1.165, 1.54) is 60.7 Å². The molecule has 3 heteroatoms. The zero-order chi connectivity index (χ0) is 45.3. The van der Waals surface area contributed by atoms with Gasteiger partial charge in [0, 0.05) is 56.4 Å². The van der Waals surface area contributed by atoms with E-state index in [4.69, 9.17) is 4.74 Å². The van der Waals surface area contributed by atoms with E-state index in [1.54, 1.807) is 0 Å². The Balaban J connectivity index is 0.868. The number of benzene rings is 11. The van der Waals surface area contributed by atoms with Gasteiger partial charge in [0.25, 0.3) is 0 Å². The van der Waals surface area contributed by atoms with Gasteiger partial charge in [0.05, 0.1) is 5.69 Å². The summed E-state index contributed by atoms with van der Waals surface area (Å²) in [7, 11) is 0. The van der Waals surface area contributed by atoms with Crippen LogP contribution in [0.3, 0.4) is 0 Å². The Morgan fingerprint density at radius 2 is 0.912 bits per heavy atom. The predicted molar refractivity (Wildman–Crippen MR) is 285 cm³/mol. The lowest BCUT2D eigenvalue weighted by molar-refractivity contribution is 0.487. The number of anilines is 6. The molecular weight excluding hydrogens is 825 g/mol. The molecule has 1 aliphatic carbocycles. The van der Waals surface area contributed by atoms with Crippen LogP contribution in [0, 0.1) is 0 Å². The van der Waals surface area contributed by atoms with Gasteiger partial charge in [-0.3, -0.25) is 0 Å². The minimum atomic E-state index is -0.111. The maximum atomic E-state index is 6.94. The molecule has 0 fully saturated rings. The van der Waals surface area contributed by atoms with E-state index in [9.17, 15) is 0 Å². The highest BCUT2D eigenvalue weighted by molar-refractivity contribution is 6.18. The van der Waals surface area contributed by atoms with Gasteiger partial charge in [0.1, 0.15) is 11.5 Å². The molecule has 0 amide bonds. The largest absolute Gasteiger partial charge is 0.456 e. The smallest absolute Gasteiger partial charge is 0.137 e.